The van der Waals surface area contributed by atoms with Gasteiger partial charge in [-0.15, -0.1) is 0 Å². The van der Waals surface area contributed by atoms with E-state index in [4.69, 9.17) is 4.42 Å². The quantitative estimate of drug-likeness (QED) is 0.563. The molecule has 0 aliphatic heterocycles. The number of hydrogen-bond acceptors (Lipinski definition) is 5. The number of rotatable bonds is 2. The van der Waals surface area contributed by atoms with Crippen molar-refractivity contribution in [2.24, 2.45) is 5.92 Å². The minimum absolute atomic E-state index is 0.155. The lowest BCUT2D eigenvalue weighted by Gasteiger charge is -2.17. The molecule has 0 radical (unpaired) electrons. The molecule has 1 aromatic heterocycles. The van der Waals surface area contributed by atoms with E-state index in [1.807, 2.05) is 13.0 Å². The molecule has 1 aliphatic carbocycles. The van der Waals surface area contributed by atoms with Gasteiger partial charge < -0.3 is 24.5 Å². The van der Waals surface area contributed by atoms with E-state index in [-0.39, 0.29) is 11.4 Å². The Morgan fingerprint density at radius 3 is 2.55 bits per heavy atom. The van der Waals surface area contributed by atoms with Gasteiger partial charge in [0.05, 0.1) is 0 Å². The Balaban J connectivity index is 2.29. The Morgan fingerprint density at radius 2 is 1.90 bits per heavy atom. The highest BCUT2D eigenvalue weighted by Crippen LogP contribution is 2.36. The zero-order valence-electron chi connectivity index (χ0n) is 10.9. The second kappa shape index (κ2) is 4.78. The molecule has 3 rings (SSSR count). The second-order valence-corrected chi connectivity index (χ2v) is 5.18. The number of allylic oxidation sites excluding steroid dienone is 1. The fourth-order valence-electron chi connectivity index (χ4n) is 2.80. The lowest BCUT2D eigenvalue weighted by Crippen LogP contribution is -2.30. The van der Waals surface area contributed by atoms with Gasteiger partial charge in [0.2, 0.25) is 0 Å². The van der Waals surface area contributed by atoms with Gasteiger partial charge in [0, 0.05) is 21.9 Å². The van der Waals surface area contributed by atoms with E-state index in [9.17, 15) is 20.1 Å². The summed E-state index contributed by atoms with van der Waals surface area (Å²) in [4.78, 5) is 0. The standard InChI is InChI=1S/C13H14B2O5/c1-7-5-9-8-3-2-4-10(14(16)17)12(8)20-13(9)11(6-7)15(18)19/h2-4,6-7,16-19H,5H2,1H3. The van der Waals surface area contributed by atoms with Crippen molar-refractivity contribution in [2.45, 2.75) is 13.3 Å². The number of furan rings is 1. The predicted molar refractivity (Wildman–Crippen MR) is 77.1 cm³/mol. The summed E-state index contributed by atoms with van der Waals surface area (Å²) in [6, 6.07) is 5.14. The fourth-order valence-corrected chi connectivity index (χ4v) is 2.80. The average Bonchev–Trinajstić information content (AvgIpc) is 2.75. The van der Waals surface area contributed by atoms with Gasteiger partial charge in [0.25, 0.3) is 0 Å². The van der Waals surface area contributed by atoms with Crippen LogP contribution in [0.5, 0.6) is 0 Å². The van der Waals surface area contributed by atoms with Crippen molar-refractivity contribution in [1.82, 2.24) is 0 Å². The smallest absolute Gasteiger partial charge is 0.457 e. The van der Waals surface area contributed by atoms with Crippen LogP contribution in [0.25, 0.3) is 16.4 Å². The van der Waals surface area contributed by atoms with Crippen LogP contribution in [-0.4, -0.2) is 34.3 Å². The van der Waals surface area contributed by atoms with Crippen LogP contribution in [0.2, 0.25) is 0 Å². The van der Waals surface area contributed by atoms with Crippen LogP contribution in [0.1, 0.15) is 18.2 Å². The Kier molecular flexibility index (Phi) is 3.22. The van der Waals surface area contributed by atoms with Crippen molar-refractivity contribution in [3.63, 3.8) is 0 Å². The van der Waals surface area contributed by atoms with E-state index >= 15 is 0 Å². The van der Waals surface area contributed by atoms with Crippen molar-refractivity contribution < 1.29 is 24.5 Å². The summed E-state index contributed by atoms with van der Waals surface area (Å²) in [5.41, 5.74) is 1.86. The minimum atomic E-state index is -1.63. The maximum Gasteiger partial charge on any atom is 0.492 e. The SMILES string of the molecule is CC1C=C(B(O)O)c2oc3c(B(O)O)cccc3c2C1. The molecule has 0 saturated heterocycles. The predicted octanol–water partition coefficient (Wildman–Crippen LogP) is -0.300. The molecule has 2 aromatic rings. The fraction of sp³-hybridized carbons (Fsp3) is 0.231. The van der Waals surface area contributed by atoms with Crippen LogP contribution < -0.4 is 5.46 Å². The normalized spacial score (nSPS) is 17.9. The van der Waals surface area contributed by atoms with Gasteiger partial charge in [-0.3, -0.25) is 0 Å². The van der Waals surface area contributed by atoms with Gasteiger partial charge >= 0.3 is 14.2 Å². The molecule has 1 aliphatic rings. The highest BCUT2D eigenvalue weighted by Gasteiger charge is 2.31. The van der Waals surface area contributed by atoms with Gasteiger partial charge in [0.15, 0.2) is 0 Å². The van der Waals surface area contributed by atoms with E-state index < -0.39 is 14.2 Å². The first kappa shape index (κ1) is 13.5. The maximum atomic E-state index is 9.47. The topological polar surface area (TPSA) is 94.1 Å². The third-order valence-electron chi connectivity index (χ3n) is 3.66. The van der Waals surface area contributed by atoms with Crippen molar-refractivity contribution >= 4 is 36.1 Å². The molecular formula is C13H14B2O5. The first-order chi connectivity index (χ1) is 9.49. The molecule has 7 heteroatoms. The van der Waals surface area contributed by atoms with Gasteiger partial charge in [-0.25, -0.2) is 0 Å². The largest absolute Gasteiger partial charge is 0.492 e. The summed E-state index contributed by atoms with van der Waals surface area (Å²) < 4.78 is 5.70. The monoisotopic (exact) mass is 272 g/mol. The number of fused-ring (bicyclic) bond motifs is 3. The molecule has 20 heavy (non-hydrogen) atoms. The van der Waals surface area contributed by atoms with Crippen molar-refractivity contribution in [2.75, 3.05) is 0 Å². The Labute approximate surface area is 116 Å². The summed E-state index contributed by atoms with van der Waals surface area (Å²) >= 11 is 0. The Hall–Kier alpha value is -1.53. The number of hydrogen-bond donors (Lipinski definition) is 4. The molecule has 1 unspecified atom stereocenters. The van der Waals surface area contributed by atoms with E-state index in [0.29, 0.717) is 23.2 Å². The lowest BCUT2D eigenvalue weighted by molar-refractivity contribution is 0.423. The lowest BCUT2D eigenvalue weighted by atomic mass is 9.71. The van der Waals surface area contributed by atoms with Gasteiger partial charge in [-0.05, 0) is 12.3 Å². The third kappa shape index (κ3) is 1.99. The van der Waals surface area contributed by atoms with Gasteiger partial charge in [0.1, 0.15) is 11.3 Å². The summed E-state index contributed by atoms with van der Waals surface area (Å²) in [5.74, 6) is 0.573. The second-order valence-electron chi connectivity index (χ2n) is 5.18. The molecule has 102 valence electrons. The Bertz CT molecular complexity index is 689. The highest BCUT2D eigenvalue weighted by atomic mass is 16.4. The summed E-state index contributed by atoms with van der Waals surface area (Å²) in [5, 5.41) is 38.5. The molecular weight excluding hydrogens is 258 g/mol. The van der Waals surface area contributed by atoms with E-state index in [0.717, 1.165) is 10.9 Å². The highest BCUT2D eigenvalue weighted by molar-refractivity contribution is 6.66. The third-order valence-corrected chi connectivity index (χ3v) is 3.66. The van der Waals surface area contributed by atoms with Crippen molar-refractivity contribution in [3.05, 3.63) is 35.6 Å². The number of benzene rings is 1. The van der Waals surface area contributed by atoms with Crippen LogP contribution in [0.4, 0.5) is 0 Å². The molecule has 1 heterocycles. The zero-order valence-corrected chi connectivity index (χ0v) is 10.9. The van der Waals surface area contributed by atoms with Crippen molar-refractivity contribution in [3.8, 4) is 0 Å². The molecule has 5 nitrogen and oxygen atoms in total. The molecule has 0 spiro atoms. The molecule has 1 atom stereocenters. The van der Waals surface area contributed by atoms with Gasteiger partial charge in [-0.1, -0.05) is 31.2 Å². The Morgan fingerprint density at radius 1 is 1.15 bits per heavy atom. The molecule has 1 aromatic carbocycles. The molecule has 0 fully saturated rings. The van der Waals surface area contributed by atoms with E-state index in [1.165, 1.54) is 0 Å². The van der Waals surface area contributed by atoms with Crippen LogP contribution in [-0.2, 0) is 6.42 Å². The van der Waals surface area contributed by atoms with E-state index in [2.05, 4.69) is 0 Å². The zero-order chi connectivity index (χ0) is 14.4. The van der Waals surface area contributed by atoms with Crippen LogP contribution in [0.3, 0.4) is 0 Å². The molecule has 0 saturated carbocycles. The summed E-state index contributed by atoms with van der Waals surface area (Å²) in [6.07, 6.45) is 2.48. The maximum absolute atomic E-state index is 9.47. The van der Waals surface area contributed by atoms with Crippen LogP contribution in [0.15, 0.2) is 28.7 Å². The molecule has 0 amide bonds. The first-order valence-electron chi connectivity index (χ1n) is 6.47. The van der Waals surface area contributed by atoms with Gasteiger partial charge in [-0.2, -0.15) is 0 Å². The number of para-hydroxylation sites is 1. The minimum Gasteiger partial charge on any atom is -0.457 e. The summed E-state index contributed by atoms with van der Waals surface area (Å²) in [7, 11) is -3.24. The van der Waals surface area contributed by atoms with E-state index in [1.54, 1.807) is 18.2 Å². The average molecular weight is 272 g/mol. The molecule has 4 N–H and O–H groups in total. The van der Waals surface area contributed by atoms with Crippen molar-refractivity contribution in [1.29, 1.82) is 0 Å². The summed E-state index contributed by atoms with van der Waals surface area (Å²) in [6.45, 7) is 1.98. The van der Waals surface area contributed by atoms with Crippen LogP contribution in [0, 0.1) is 5.92 Å². The first-order valence-corrected chi connectivity index (χ1v) is 6.47. The molecule has 0 bridgehead atoms. The van der Waals surface area contributed by atoms with Crippen LogP contribution >= 0.6 is 0 Å².